The van der Waals surface area contributed by atoms with Gasteiger partial charge in [-0.25, -0.2) is 13.4 Å². The number of hydrogen-bond acceptors (Lipinski definition) is 6. The van der Waals surface area contributed by atoms with Crippen LogP contribution in [0.5, 0.6) is 0 Å². The van der Waals surface area contributed by atoms with E-state index in [0.717, 1.165) is 49.9 Å². The lowest BCUT2D eigenvalue weighted by molar-refractivity contribution is -0.118. The Morgan fingerprint density at radius 2 is 1.84 bits per heavy atom. The molecule has 0 heterocycles. The predicted octanol–water partition coefficient (Wildman–Crippen LogP) is 2.61. The number of sulfone groups is 1. The molecule has 0 radical (unpaired) electrons. The minimum absolute atomic E-state index is 0.0401. The summed E-state index contributed by atoms with van der Waals surface area (Å²) in [5.41, 5.74) is 5.86. The summed E-state index contributed by atoms with van der Waals surface area (Å²) in [7, 11) is -5.48. The summed E-state index contributed by atoms with van der Waals surface area (Å²) in [6.07, 6.45) is 5.20. The first kappa shape index (κ1) is 24.3. The molecule has 1 saturated carbocycles. The van der Waals surface area contributed by atoms with Crippen LogP contribution in [0.1, 0.15) is 32.1 Å². The van der Waals surface area contributed by atoms with E-state index in [1.807, 2.05) is 0 Å². The van der Waals surface area contributed by atoms with Gasteiger partial charge in [-0.2, -0.15) is 18.4 Å². The number of primary amides is 1. The van der Waals surface area contributed by atoms with Gasteiger partial charge in [-0.15, -0.1) is 0 Å². The van der Waals surface area contributed by atoms with Crippen LogP contribution in [0, 0.1) is 23.2 Å². The number of nitrogens with zero attached hydrogens (tertiary/aromatic N) is 3. The number of carbonyl (C=O) groups excluding carboxylic acids is 1. The van der Waals surface area contributed by atoms with Crippen molar-refractivity contribution < 1.29 is 26.4 Å². The third-order valence-corrected chi connectivity index (χ3v) is 6.49. The zero-order valence-corrected chi connectivity index (χ0v) is 17.2. The van der Waals surface area contributed by atoms with Gasteiger partial charge in [-0.05, 0) is 43.0 Å². The normalized spacial score (nSPS) is 21.5. The Labute approximate surface area is 177 Å². The first-order valence-corrected chi connectivity index (χ1v) is 10.9. The summed E-state index contributed by atoms with van der Waals surface area (Å²) in [5, 5.41) is 8.95. The van der Waals surface area contributed by atoms with Gasteiger partial charge in [-0.3, -0.25) is 9.79 Å². The molecule has 1 aromatic rings. The summed E-state index contributed by atoms with van der Waals surface area (Å²) in [6, 6.07) is 5.55. The Morgan fingerprint density at radius 3 is 2.39 bits per heavy atom. The second-order valence-corrected chi connectivity index (χ2v) is 9.07. The van der Waals surface area contributed by atoms with E-state index >= 15 is 0 Å². The molecular weight excluding hydrogens is 435 g/mol. The van der Waals surface area contributed by atoms with Gasteiger partial charge in [0.2, 0.25) is 5.91 Å². The summed E-state index contributed by atoms with van der Waals surface area (Å²) >= 11 is 0. The van der Waals surface area contributed by atoms with Gasteiger partial charge in [0.1, 0.15) is 11.8 Å². The molecule has 0 spiro atoms. The average Bonchev–Trinajstić information content (AvgIpc) is 2.69. The molecule has 0 bridgehead atoms. The fourth-order valence-electron chi connectivity index (χ4n) is 3.28. The maximum Gasteiger partial charge on any atom is 0.501 e. The van der Waals surface area contributed by atoms with Gasteiger partial charge in [0, 0.05) is 12.6 Å². The Morgan fingerprint density at radius 1 is 1.23 bits per heavy atom. The summed E-state index contributed by atoms with van der Waals surface area (Å²) in [4.78, 5) is 19.2. The number of carbonyl (C=O) groups is 1. The topological polar surface area (TPSA) is 152 Å². The Hall–Kier alpha value is -2.94. The zero-order chi connectivity index (χ0) is 23.2. The van der Waals surface area contributed by atoms with E-state index in [1.165, 1.54) is 6.21 Å². The van der Waals surface area contributed by atoms with Crippen molar-refractivity contribution >= 4 is 33.5 Å². The van der Waals surface area contributed by atoms with Crippen LogP contribution >= 0.6 is 0 Å². The highest BCUT2D eigenvalue weighted by atomic mass is 32.2. The van der Waals surface area contributed by atoms with Crippen LogP contribution < -0.4 is 11.5 Å². The molecule has 3 unspecified atom stereocenters. The molecule has 1 aromatic carbocycles. The molecule has 31 heavy (non-hydrogen) atoms. The van der Waals surface area contributed by atoms with Crippen molar-refractivity contribution in [2.24, 2.45) is 33.3 Å². The highest BCUT2D eigenvalue weighted by Gasteiger charge is 2.46. The number of nitrogens with two attached hydrogens (primary N) is 2. The van der Waals surface area contributed by atoms with Crippen molar-refractivity contribution in [1.29, 1.82) is 5.26 Å². The molecule has 1 fully saturated rings. The molecule has 0 saturated heterocycles. The Bertz CT molecular complexity index is 998. The fourth-order valence-corrected chi connectivity index (χ4v) is 4.05. The van der Waals surface area contributed by atoms with Gasteiger partial charge in [0.05, 0.1) is 22.7 Å². The SMILES string of the molecule is N#CCC1CCCCC1N=CC(C(N)=O)C(N)=Nc1ccc(S(=O)(=O)C(F)(F)F)cc1. The number of aliphatic imine (C=N–C) groups is 2. The van der Waals surface area contributed by atoms with Gasteiger partial charge in [0.25, 0.3) is 9.84 Å². The van der Waals surface area contributed by atoms with E-state index in [0.29, 0.717) is 6.42 Å². The number of benzene rings is 1. The summed E-state index contributed by atoms with van der Waals surface area (Å²) in [5.74, 6) is -2.16. The number of amidine groups is 1. The second kappa shape index (κ2) is 9.91. The van der Waals surface area contributed by atoms with Gasteiger partial charge in [0.15, 0.2) is 0 Å². The molecule has 1 aliphatic carbocycles. The van der Waals surface area contributed by atoms with E-state index in [-0.39, 0.29) is 23.5 Å². The van der Waals surface area contributed by atoms with Crippen LogP contribution in [0.3, 0.4) is 0 Å². The van der Waals surface area contributed by atoms with Crippen molar-refractivity contribution in [3.8, 4) is 6.07 Å². The largest absolute Gasteiger partial charge is 0.501 e. The quantitative estimate of drug-likeness (QED) is 0.476. The van der Waals surface area contributed by atoms with Crippen LogP contribution in [0.2, 0.25) is 0 Å². The molecule has 4 N–H and O–H groups in total. The van der Waals surface area contributed by atoms with E-state index in [4.69, 9.17) is 16.7 Å². The number of hydrogen-bond donors (Lipinski definition) is 2. The predicted molar refractivity (Wildman–Crippen MR) is 108 cm³/mol. The highest BCUT2D eigenvalue weighted by molar-refractivity contribution is 7.92. The minimum Gasteiger partial charge on any atom is -0.386 e. The molecule has 0 aromatic heterocycles. The summed E-state index contributed by atoms with van der Waals surface area (Å²) < 4.78 is 60.7. The van der Waals surface area contributed by atoms with E-state index in [9.17, 15) is 26.4 Å². The van der Waals surface area contributed by atoms with Crippen molar-refractivity contribution in [1.82, 2.24) is 0 Å². The maximum atomic E-state index is 12.6. The van der Waals surface area contributed by atoms with E-state index in [1.54, 1.807) is 0 Å². The number of halogens is 3. The van der Waals surface area contributed by atoms with Crippen LogP contribution in [0.4, 0.5) is 18.9 Å². The summed E-state index contributed by atoms with van der Waals surface area (Å²) in [6.45, 7) is 0. The standard InChI is InChI=1S/C19H22F3N5O3S/c20-19(21,22)31(29,30)14-7-5-13(6-8-14)27-17(24)15(18(25)28)11-26-16-4-2-1-3-12(16)9-10-23/h5-8,11-12,15-16H,1-4,9H2,(H2,24,27)(H2,25,28). The third kappa shape index (κ3) is 6.04. The Balaban J connectivity index is 2.22. The number of rotatable bonds is 7. The lowest BCUT2D eigenvalue weighted by Crippen LogP contribution is -2.37. The monoisotopic (exact) mass is 457 g/mol. The molecule has 1 amide bonds. The molecule has 1 aliphatic rings. The zero-order valence-electron chi connectivity index (χ0n) is 16.4. The van der Waals surface area contributed by atoms with Crippen molar-refractivity contribution in [2.75, 3.05) is 0 Å². The van der Waals surface area contributed by atoms with Crippen LogP contribution in [0.25, 0.3) is 0 Å². The average molecular weight is 457 g/mol. The number of nitriles is 1. The number of alkyl halides is 3. The van der Waals surface area contributed by atoms with E-state index in [2.05, 4.69) is 16.1 Å². The maximum absolute atomic E-state index is 12.6. The highest BCUT2D eigenvalue weighted by Crippen LogP contribution is 2.31. The van der Waals surface area contributed by atoms with Crippen LogP contribution in [-0.2, 0) is 14.6 Å². The van der Waals surface area contributed by atoms with Crippen molar-refractivity contribution in [3.05, 3.63) is 24.3 Å². The molecule has 2 rings (SSSR count). The van der Waals surface area contributed by atoms with Crippen molar-refractivity contribution in [3.63, 3.8) is 0 Å². The van der Waals surface area contributed by atoms with Gasteiger partial charge in [-0.1, -0.05) is 12.8 Å². The Kier molecular flexibility index (Phi) is 7.78. The van der Waals surface area contributed by atoms with Gasteiger partial charge >= 0.3 is 5.51 Å². The molecule has 0 aliphatic heterocycles. The molecule has 3 atom stereocenters. The lowest BCUT2D eigenvalue weighted by Gasteiger charge is -2.27. The third-order valence-electron chi connectivity index (χ3n) is 4.98. The second-order valence-electron chi connectivity index (χ2n) is 7.13. The smallest absolute Gasteiger partial charge is 0.386 e. The first-order valence-electron chi connectivity index (χ1n) is 9.42. The molecule has 168 valence electrons. The van der Waals surface area contributed by atoms with Crippen LogP contribution in [0.15, 0.2) is 39.1 Å². The van der Waals surface area contributed by atoms with Gasteiger partial charge < -0.3 is 11.5 Å². The van der Waals surface area contributed by atoms with Crippen molar-refractivity contribution in [2.45, 2.75) is 48.5 Å². The van der Waals surface area contributed by atoms with E-state index < -0.39 is 32.1 Å². The first-order chi connectivity index (χ1) is 14.5. The molecule has 8 nitrogen and oxygen atoms in total. The van der Waals surface area contributed by atoms with Crippen LogP contribution in [-0.4, -0.2) is 37.9 Å². The fraction of sp³-hybridized carbons (Fsp3) is 0.474. The molecule has 12 heteroatoms. The number of amides is 1. The molecular formula is C19H22F3N5O3S. The lowest BCUT2D eigenvalue weighted by atomic mass is 9.83. The minimum atomic E-state index is -5.48.